The highest BCUT2D eigenvalue weighted by Crippen LogP contribution is 2.07. The van der Waals surface area contributed by atoms with Crippen LogP contribution in [0.4, 0.5) is 0 Å². The summed E-state index contributed by atoms with van der Waals surface area (Å²) in [4.78, 5) is 15.4. The highest BCUT2D eigenvalue weighted by Gasteiger charge is 2.17. The minimum Gasteiger partial charge on any atom is -0.480 e. The summed E-state index contributed by atoms with van der Waals surface area (Å²) in [5, 5.41) is 9.10. The van der Waals surface area contributed by atoms with E-state index in [0.29, 0.717) is 13.0 Å². The molecule has 0 aliphatic carbocycles. The third-order valence-corrected chi connectivity index (χ3v) is 2.52. The zero-order valence-corrected chi connectivity index (χ0v) is 10.8. The van der Waals surface area contributed by atoms with Gasteiger partial charge in [-0.3, -0.25) is 4.99 Å². The first-order valence-corrected chi connectivity index (χ1v) is 6.11. The van der Waals surface area contributed by atoms with Gasteiger partial charge in [-0.25, -0.2) is 4.79 Å². The third kappa shape index (κ3) is 4.30. The summed E-state index contributed by atoms with van der Waals surface area (Å²) in [6, 6.07) is 8.78. The van der Waals surface area contributed by atoms with E-state index in [-0.39, 0.29) is 6.61 Å². The second kappa shape index (κ2) is 7.61. The summed E-state index contributed by atoms with van der Waals surface area (Å²) < 4.78 is 5.15. The first-order valence-electron chi connectivity index (χ1n) is 6.11. The monoisotopic (exact) mass is 249 g/mol. The normalized spacial score (nSPS) is 13.3. The molecule has 0 bridgehead atoms. The largest absolute Gasteiger partial charge is 0.480 e. The first-order chi connectivity index (χ1) is 8.69. The van der Waals surface area contributed by atoms with Gasteiger partial charge in [0.2, 0.25) is 0 Å². The van der Waals surface area contributed by atoms with Crippen LogP contribution < -0.4 is 0 Å². The predicted octanol–water partition coefficient (Wildman–Crippen LogP) is 2.38. The number of carbonyl (C=O) groups is 1. The Bertz CT molecular complexity index is 401. The Morgan fingerprint density at radius 3 is 2.50 bits per heavy atom. The van der Waals surface area contributed by atoms with Crippen molar-refractivity contribution in [3.8, 4) is 0 Å². The fraction of sp³-hybridized carbons (Fsp3) is 0.429. The molecule has 0 aliphatic heterocycles. The molecule has 4 heteroatoms. The molecule has 0 aromatic heterocycles. The summed E-state index contributed by atoms with van der Waals surface area (Å²) in [5.41, 5.74) is 1.76. The summed E-state index contributed by atoms with van der Waals surface area (Å²) in [5.74, 6) is -0.953. The SMILES string of the molecule is CCOCC(N=C(CC)c1ccccc1)C(=O)O. The Hall–Kier alpha value is -1.68. The van der Waals surface area contributed by atoms with E-state index in [0.717, 1.165) is 11.3 Å². The maximum Gasteiger partial charge on any atom is 0.330 e. The quantitative estimate of drug-likeness (QED) is 0.755. The molecular weight excluding hydrogens is 230 g/mol. The van der Waals surface area contributed by atoms with Gasteiger partial charge in [-0.15, -0.1) is 0 Å². The molecule has 0 heterocycles. The molecule has 0 saturated heterocycles. The maximum absolute atomic E-state index is 11.1. The fourth-order valence-electron chi connectivity index (χ4n) is 1.58. The highest BCUT2D eigenvalue weighted by molar-refractivity contribution is 6.01. The zero-order valence-electron chi connectivity index (χ0n) is 10.8. The Morgan fingerprint density at radius 2 is 2.00 bits per heavy atom. The molecule has 1 rings (SSSR count). The van der Waals surface area contributed by atoms with Gasteiger partial charge in [0.15, 0.2) is 6.04 Å². The van der Waals surface area contributed by atoms with Crippen molar-refractivity contribution >= 4 is 11.7 Å². The molecular formula is C14H19NO3. The Balaban J connectivity index is 2.90. The number of hydrogen-bond acceptors (Lipinski definition) is 3. The van der Waals surface area contributed by atoms with E-state index in [1.807, 2.05) is 44.2 Å². The highest BCUT2D eigenvalue weighted by atomic mass is 16.5. The van der Waals surface area contributed by atoms with Gasteiger partial charge >= 0.3 is 5.97 Å². The van der Waals surface area contributed by atoms with E-state index in [4.69, 9.17) is 9.84 Å². The molecule has 0 aliphatic rings. The lowest BCUT2D eigenvalue weighted by Gasteiger charge is -2.11. The molecule has 1 atom stereocenters. The van der Waals surface area contributed by atoms with Crippen LogP contribution in [-0.4, -0.2) is 36.0 Å². The van der Waals surface area contributed by atoms with E-state index in [2.05, 4.69) is 4.99 Å². The lowest BCUT2D eigenvalue weighted by Crippen LogP contribution is -2.25. The minimum absolute atomic E-state index is 0.113. The molecule has 18 heavy (non-hydrogen) atoms. The lowest BCUT2D eigenvalue weighted by atomic mass is 10.1. The molecule has 1 unspecified atom stereocenters. The zero-order chi connectivity index (χ0) is 13.4. The fourth-order valence-corrected chi connectivity index (χ4v) is 1.58. The lowest BCUT2D eigenvalue weighted by molar-refractivity contribution is -0.139. The number of aliphatic carboxylic acids is 1. The third-order valence-electron chi connectivity index (χ3n) is 2.52. The van der Waals surface area contributed by atoms with E-state index in [1.165, 1.54) is 0 Å². The summed E-state index contributed by atoms with van der Waals surface area (Å²) >= 11 is 0. The van der Waals surface area contributed by atoms with Crippen molar-refractivity contribution in [1.29, 1.82) is 0 Å². The van der Waals surface area contributed by atoms with Crippen LogP contribution in [0.3, 0.4) is 0 Å². The van der Waals surface area contributed by atoms with Gasteiger partial charge in [0.05, 0.1) is 6.61 Å². The molecule has 98 valence electrons. The molecule has 0 amide bonds. The second-order valence-corrected chi connectivity index (χ2v) is 3.81. The molecule has 1 N–H and O–H groups in total. The average molecular weight is 249 g/mol. The van der Waals surface area contributed by atoms with Crippen LogP contribution in [0.15, 0.2) is 35.3 Å². The number of hydrogen-bond donors (Lipinski definition) is 1. The predicted molar refractivity (Wildman–Crippen MR) is 71.2 cm³/mol. The number of carboxylic acid groups (broad SMARTS) is 1. The maximum atomic E-state index is 11.1. The molecule has 0 radical (unpaired) electrons. The Morgan fingerprint density at radius 1 is 1.33 bits per heavy atom. The van der Waals surface area contributed by atoms with Crippen molar-refractivity contribution in [2.75, 3.05) is 13.2 Å². The van der Waals surface area contributed by atoms with E-state index >= 15 is 0 Å². The molecule has 1 aromatic carbocycles. The number of aliphatic imine (C=N–C) groups is 1. The number of carboxylic acids is 1. The van der Waals surface area contributed by atoms with E-state index in [1.54, 1.807) is 0 Å². The van der Waals surface area contributed by atoms with Crippen LogP contribution in [-0.2, 0) is 9.53 Å². The van der Waals surface area contributed by atoms with Crippen LogP contribution in [0, 0.1) is 0 Å². The van der Waals surface area contributed by atoms with Crippen molar-refractivity contribution < 1.29 is 14.6 Å². The van der Waals surface area contributed by atoms with Gasteiger partial charge in [-0.05, 0) is 18.9 Å². The first kappa shape index (κ1) is 14.4. The number of rotatable bonds is 7. The van der Waals surface area contributed by atoms with Crippen molar-refractivity contribution in [2.24, 2.45) is 4.99 Å². The molecule has 4 nitrogen and oxygen atoms in total. The van der Waals surface area contributed by atoms with Gasteiger partial charge in [0, 0.05) is 12.3 Å². The topological polar surface area (TPSA) is 58.9 Å². The second-order valence-electron chi connectivity index (χ2n) is 3.81. The molecule has 0 fully saturated rings. The van der Waals surface area contributed by atoms with Crippen LogP contribution in [0.1, 0.15) is 25.8 Å². The van der Waals surface area contributed by atoms with Crippen LogP contribution in [0.2, 0.25) is 0 Å². The van der Waals surface area contributed by atoms with E-state index in [9.17, 15) is 4.79 Å². The standard InChI is InChI=1S/C14H19NO3/c1-3-12(11-8-6-5-7-9-11)15-13(14(16)17)10-18-4-2/h5-9,13H,3-4,10H2,1-2H3,(H,16,17). The van der Waals surface area contributed by atoms with Gasteiger partial charge in [0.25, 0.3) is 0 Å². The Labute approximate surface area is 107 Å². The molecule has 1 aromatic rings. The van der Waals surface area contributed by atoms with Crippen molar-refractivity contribution in [3.05, 3.63) is 35.9 Å². The van der Waals surface area contributed by atoms with Crippen molar-refractivity contribution in [1.82, 2.24) is 0 Å². The molecule has 0 spiro atoms. The Kier molecular flexibility index (Phi) is 6.08. The number of ether oxygens (including phenoxy) is 1. The van der Waals surface area contributed by atoms with Crippen LogP contribution in [0.5, 0.6) is 0 Å². The van der Waals surface area contributed by atoms with Gasteiger partial charge < -0.3 is 9.84 Å². The van der Waals surface area contributed by atoms with Crippen molar-refractivity contribution in [3.63, 3.8) is 0 Å². The molecule has 0 saturated carbocycles. The average Bonchev–Trinajstić information content (AvgIpc) is 2.39. The van der Waals surface area contributed by atoms with Gasteiger partial charge in [-0.2, -0.15) is 0 Å². The summed E-state index contributed by atoms with van der Waals surface area (Å²) in [7, 11) is 0. The van der Waals surface area contributed by atoms with Crippen LogP contribution in [0.25, 0.3) is 0 Å². The number of benzene rings is 1. The van der Waals surface area contributed by atoms with Gasteiger partial charge in [-0.1, -0.05) is 37.3 Å². The minimum atomic E-state index is -0.953. The van der Waals surface area contributed by atoms with Gasteiger partial charge in [0.1, 0.15) is 0 Å². The number of nitrogens with zero attached hydrogens (tertiary/aromatic N) is 1. The van der Waals surface area contributed by atoms with E-state index < -0.39 is 12.0 Å². The summed E-state index contributed by atoms with van der Waals surface area (Å²) in [6.07, 6.45) is 0.694. The van der Waals surface area contributed by atoms with Crippen molar-refractivity contribution in [2.45, 2.75) is 26.3 Å². The summed E-state index contributed by atoms with van der Waals surface area (Å²) in [6.45, 7) is 4.40. The van der Waals surface area contributed by atoms with Crippen LogP contribution >= 0.6 is 0 Å². The smallest absolute Gasteiger partial charge is 0.330 e.